The summed E-state index contributed by atoms with van der Waals surface area (Å²) in [6.45, 7) is 0. The van der Waals surface area contributed by atoms with Crippen molar-refractivity contribution >= 4 is 12.1 Å². The van der Waals surface area contributed by atoms with Crippen molar-refractivity contribution in [2.24, 2.45) is 0 Å². The highest BCUT2D eigenvalue weighted by Gasteiger charge is 2.37. The molecule has 0 atom stereocenters. The van der Waals surface area contributed by atoms with Crippen molar-refractivity contribution in [1.82, 2.24) is 0 Å². The van der Waals surface area contributed by atoms with Crippen LogP contribution in [0.4, 0.5) is 13.2 Å². The molecule has 0 aromatic rings. The highest BCUT2D eigenvalue weighted by Crippen LogP contribution is 2.16. The van der Waals surface area contributed by atoms with Gasteiger partial charge in [0.25, 0.3) is 0 Å². The molecule has 0 unspecified atom stereocenters. The summed E-state index contributed by atoms with van der Waals surface area (Å²) in [5, 5.41) is 0. The lowest BCUT2D eigenvalue weighted by Gasteiger charge is -1.98. The maximum Gasteiger partial charge on any atom is 0.450 e. The fourth-order valence-corrected chi connectivity index (χ4v) is 0.166. The second-order valence-corrected chi connectivity index (χ2v) is 1.24. The van der Waals surface area contributed by atoms with E-state index in [2.05, 4.69) is 0 Å². The molecule has 0 saturated heterocycles. The Morgan fingerprint density at radius 1 is 1.44 bits per heavy atom. The van der Waals surface area contributed by atoms with Gasteiger partial charge in [0.15, 0.2) is 0 Å². The Hall–Kier alpha value is -0.870. The van der Waals surface area contributed by atoms with E-state index in [1.165, 1.54) is 0 Å². The molecule has 9 heavy (non-hydrogen) atoms. The smallest absolute Gasteiger partial charge is 0.290 e. The summed E-state index contributed by atoms with van der Waals surface area (Å²) in [7, 11) is 0. The van der Waals surface area contributed by atoms with E-state index in [4.69, 9.17) is 0 Å². The number of hydrogen-bond acceptors (Lipinski definition) is 2. The lowest BCUT2D eigenvalue weighted by atomic mass is 10.3. The van der Waals surface area contributed by atoms with Crippen LogP contribution in [-0.4, -0.2) is 18.2 Å². The van der Waals surface area contributed by atoms with Crippen LogP contribution in [0.25, 0.3) is 0 Å². The van der Waals surface area contributed by atoms with Crippen LogP contribution in [0.15, 0.2) is 0 Å². The minimum Gasteiger partial charge on any atom is -0.290 e. The second kappa shape index (κ2) is 2.61. The van der Waals surface area contributed by atoms with Crippen LogP contribution in [-0.2, 0) is 9.59 Å². The van der Waals surface area contributed by atoms with Crippen molar-refractivity contribution in [1.29, 1.82) is 0 Å². The van der Waals surface area contributed by atoms with Crippen molar-refractivity contribution in [2.75, 3.05) is 0 Å². The third-order valence-electron chi connectivity index (χ3n) is 0.549. The first kappa shape index (κ1) is 8.13. The molecule has 0 aliphatic heterocycles. The molecule has 0 aliphatic rings. The van der Waals surface area contributed by atoms with Gasteiger partial charge in [-0.3, -0.25) is 9.59 Å². The van der Waals surface area contributed by atoms with Gasteiger partial charge in [0.1, 0.15) is 0 Å². The number of carbonyl (C=O) groups is 1. The van der Waals surface area contributed by atoms with Crippen molar-refractivity contribution in [3.8, 4) is 0 Å². The average molecular weight is 139 g/mol. The predicted molar refractivity (Wildman–Crippen MR) is 21.4 cm³/mol. The molecular formula is C4H2F3O2. The van der Waals surface area contributed by atoms with Crippen molar-refractivity contribution in [3.63, 3.8) is 0 Å². The number of Topliss-reactive ketones (excluding diaryl/α,β-unsaturated/α-hetero) is 1. The lowest BCUT2D eigenvalue weighted by Crippen LogP contribution is -2.22. The summed E-state index contributed by atoms with van der Waals surface area (Å²) in [6.07, 6.45) is -5.24. The number of hydrogen-bond donors (Lipinski definition) is 0. The maximum atomic E-state index is 11.1. The fraction of sp³-hybridized carbons (Fsp3) is 0.500. The average Bonchev–Trinajstić information content (AvgIpc) is 1.64. The number of halogens is 3. The monoisotopic (exact) mass is 139 g/mol. The topological polar surface area (TPSA) is 34.1 Å². The van der Waals surface area contributed by atoms with Gasteiger partial charge in [-0.05, 0) is 0 Å². The largest absolute Gasteiger partial charge is 0.450 e. The molecule has 0 rings (SSSR count). The zero-order valence-electron chi connectivity index (χ0n) is 4.16. The van der Waals surface area contributed by atoms with Crippen LogP contribution in [0, 0.1) is 0 Å². The summed E-state index contributed by atoms with van der Waals surface area (Å²) in [6, 6.07) is 0. The number of ketones is 1. The Bertz CT molecular complexity index is 126. The Morgan fingerprint density at radius 3 is 2.00 bits per heavy atom. The minimum atomic E-state index is -4.89. The number of alkyl halides is 3. The Morgan fingerprint density at radius 2 is 1.89 bits per heavy atom. The fourth-order valence-electron chi connectivity index (χ4n) is 0.166. The molecule has 0 heterocycles. The summed E-state index contributed by atoms with van der Waals surface area (Å²) in [5.74, 6) is -2.06. The Labute approximate surface area is 48.7 Å². The van der Waals surface area contributed by atoms with Crippen molar-refractivity contribution in [3.05, 3.63) is 0 Å². The molecule has 1 radical (unpaired) electrons. The van der Waals surface area contributed by atoms with Crippen LogP contribution in [0.2, 0.25) is 0 Å². The molecular weight excluding hydrogens is 137 g/mol. The summed E-state index contributed by atoms with van der Waals surface area (Å²) in [4.78, 5) is 18.9. The SMILES string of the molecule is O=[C]CC(=O)C(F)(F)F. The first-order valence-corrected chi connectivity index (χ1v) is 1.93. The van der Waals surface area contributed by atoms with E-state index in [1.807, 2.05) is 0 Å². The standard InChI is InChI=1S/C4H2F3O2/c5-4(6,7)3(9)1-2-8/h1H2. The van der Waals surface area contributed by atoms with E-state index in [-0.39, 0.29) is 0 Å². The molecule has 0 saturated carbocycles. The molecule has 0 amide bonds. The van der Waals surface area contributed by atoms with Gasteiger partial charge in [0.2, 0.25) is 12.1 Å². The van der Waals surface area contributed by atoms with Gasteiger partial charge in [0.05, 0.1) is 6.42 Å². The zero-order valence-corrected chi connectivity index (χ0v) is 4.16. The molecule has 5 heteroatoms. The number of carbonyl (C=O) groups excluding carboxylic acids is 2. The van der Waals surface area contributed by atoms with Gasteiger partial charge in [0, 0.05) is 0 Å². The highest BCUT2D eigenvalue weighted by atomic mass is 19.4. The molecule has 0 fully saturated rings. The summed E-state index contributed by atoms with van der Waals surface area (Å²) < 4.78 is 33.3. The molecule has 0 aromatic carbocycles. The van der Waals surface area contributed by atoms with E-state index in [1.54, 1.807) is 0 Å². The maximum absolute atomic E-state index is 11.1. The van der Waals surface area contributed by atoms with Gasteiger partial charge in [-0.2, -0.15) is 13.2 Å². The van der Waals surface area contributed by atoms with Crippen molar-refractivity contribution < 1.29 is 22.8 Å². The number of rotatable bonds is 2. The van der Waals surface area contributed by atoms with Crippen molar-refractivity contribution in [2.45, 2.75) is 12.6 Å². The highest BCUT2D eigenvalue weighted by molar-refractivity contribution is 5.93. The van der Waals surface area contributed by atoms with Gasteiger partial charge >= 0.3 is 6.18 Å². The first-order valence-electron chi connectivity index (χ1n) is 1.93. The predicted octanol–water partition coefficient (Wildman–Crippen LogP) is 0.618. The molecule has 0 N–H and O–H groups in total. The van der Waals surface area contributed by atoms with E-state index in [0.717, 1.165) is 6.29 Å². The van der Waals surface area contributed by atoms with E-state index >= 15 is 0 Å². The third kappa shape index (κ3) is 2.84. The molecule has 0 spiro atoms. The van der Waals surface area contributed by atoms with Gasteiger partial charge in [-0.25, -0.2) is 0 Å². The molecule has 0 bridgehead atoms. The lowest BCUT2D eigenvalue weighted by molar-refractivity contribution is -0.169. The van der Waals surface area contributed by atoms with E-state index in [9.17, 15) is 22.8 Å². The Balaban J connectivity index is 3.88. The molecule has 0 aromatic heterocycles. The van der Waals surface area contributed by atoms with Crippen LogP contribution in [0.1, 0.15) is 6.42 Å². The molecule has 51 valence electrons. The second-order valence-electron chi connectivity index (χ2n) is 1.24. The Kier molecular flexibility index (Phi) is 2.36. The summed E-state index contributed by atoms with van der Waals surface area (Å²) >= 11 is 0. The van der Waals surface area contributed by atoms with E-state index < -0.39 is 18.4 Å². The first-order chi connectivity index (χ1) is 3.98. The molecule has 0 aliphatic carbocycles. The third-order valence-corrected chi connectivity index (χ3v) is 0.549. The van der Waals surface area contributed by atoms with Crippen LogP contribution in [0.5, 0.6) is 0 Å². The van der Waals surface area contributed by atoms with Gasteiger partial charge in [-0.1, -0.05) is 0 Å². The minimum absolute atomic E-state index is 0.854. The van der Waals surface area contributed by atoms with Crippen LogP contribution in [0.3, 0.4) is 0 Å². The quantitative estimate of drug-likeness (QED) is 0.525. The van der Waals surface area contributed by atoms with Crippen LogP contribution >= 0.6 is 0 Å². The zero-order chi connectivity index (χ0) is 7.49. The van der Waals surface area contributed by atoms with Gasteiger partial charge in [-0.15, -0.1) is 0 Å². The molecule has 2 nitrogen and oxygen atoms in total. The van der Waals surface area contributed by atoms with Crippen LogP contribution < -0.4 is 0 Å². The summed E-state index contributed by atoms with van der Waals surface area (Å²) in [5.41, 5.74) is 0. The van der Waals surface area contributed by atoms with E-state index in [0.29, 0.717) is 0 Å². The van der Waals surface area contributed by atoms with Gasteiger partial charge < -0.3 is 0 Å². The normalized spacial score (nSPS) is 11.0.